The molecule has 13 aromatic rings. The summed E-state index contributed by atoms with van der Waals surface area (Å²) in [6, 6.07) is 90.5. The summed E-state index contributed by atoms with van der Waals surface area (Å²) >= 11 is 0. The molecule has 0 fully saturated rings. The Balaban J connectivity index is 1.14. The first-order valence-corrected chi connectivity index (χ1v) is 25.1. The summed E-state index contributed by atoms with van der Waals surface area (Å²) in [5, 5.41) is 14.5. The van der Waals surface area contributed by atoms with E-state index in [2.05, 4.69) is 280 Å². The van der Waals surface area contributed by atoms with Crippen molar-refractivity contribution in [1.29, 1.82) is 0 Å². The maximum atomic E-state index is 2.46. The molecule has 0 spiro atoms. The molecule has 0 saturated heterocycles. The molecule has 0 radical (unpaired) electrons. The van der Waals surface area contributed by atoms with Gasteiger partial charge in [-0.05, 0) is 142 Å². The Bertz CT molecular complexity index is 3690. The molecule has 0 aromatic heterocycles. The average Bonchev–Trinajstić information content (AvgIpc) is 3.42. The second-order valence-corrected chi connectivity index (χ2v) is 19.5. The third-order valence-electron chi connectivity index (χ3n) is 14.9. The van der Waals surface area contributed by atoms with Crippen molar-refractivity contribution in [1.82, 2.24) is 0 Å². The van der Waals surface area contributed by atoms with Crippen LogP contribution in [0, 0.1) is 27.7 Å². The summed E-state index contributed by atoms with van der Waals surface area (Å²) in [6.07, 6.45) is 0. The van der Waals surface area contributed by atoms with Gasteiger partial charge in [-0.3, -0.25) is 0 Å². The Morgan fingerprint density at radius 2 is 0.333 bits per heavy atom. The first kappa shape index (κ1) is 43.1. The molecule has 0 saturated carbocycles. The fraction of sp³-hybridized carbons (Fsp3) is 0.0571. The van der Waals surface area contributed by atoms with Crippen molar-refractivity contribution in [2.45, 2.75) is 27.7 Å². The first-order chi connectivity index (χ1) is 35.4. The minimum atomic E-state index is 1.12. The standard InChI is InChI=1S/C70H52N2/c1-45-29-37-49(38-30-45)71(50-39-31-46(2)32-40-50)69-61-25-13-9-21-57(61)67(58-22-10-14-26-62(58)69)65-53-17-5-7-19-55(53)66(56-20-8-6-18-54(56)65)68-59-23-11-15-27-63(59)70(64-28-16-12-24-60(64)68)72(51-41-33-47(3)34-42-51)52-43-35-48(4)36-44-52/h5-44H,1-4H3. The van der Waals surface area contributed by atoms with Gasteiger partial charge in [0.2, 0.25) is 0 Å². The molecule has 342 valence electrons. The number of nitrogens with zero attached hydrogens (tertiary/aromatic N) is 2. The van der Waals surface area contributed by atoms with Crippen LogP contribution in [-0.4, -0.2) is 0 Å². The Kier molecular flexibility index (Phi) is 10.4. The van der Waals surface area contributed by atoms with Crippen LogP contribution in [0.4, 0.5) is 34.1 Å². The number of aryl methyl sites for hydroxylation is 4. The zero-order valence-electron chi connectivity index (χ0n) is 41.0. The van der Waals surface area contributed by atoms with Gasteiger partial charge in [-0.15, -0.1) is 0 Å². The van der Waals surface area contributed by atoms with Gasteiger partial charge in [0.15, 0.2) is 0 Å². The topological polar surface area (TPSA) is 6.48 Å². The predicted octanol–water partition coefficient (Wildman–Crippen LogP) is 20.1. The number of hydrogen-bond acceptors (Lipinski definition) is 2. The van der Waals surface area contributed by atoms with E-state index in [1.165, 1.54) is 121 Å². The molecule has 0 bridgehead atoms. The zero-order chi connectivity index (χ0) is 48.5. The lowest BCUT2D eigenvalue weighted by atomic mass is 9.80. The lowest BCUT2D eigenvalue weighted by molar-refractivity contribution is 1.29. The number of fused-ring (bicyclic) bond motifs is 6. The first-order valence-electron chi connectivity index (χ1n) is 25.1. The molecule has 0 aliphatic rings. The van der Waals surface area contributed by atoms with Crippen LogP contribution in [0.25, 0.3) is 86.9 Å². The molecule has 0 amide bonds. The Morgan fingerprint density at radius 3 is 0.514 bits per heavy atom. The lowest BCUT2D eigenvalue weighted by Crippen LogP contribution is -2.12. The summed E-state index contributed by atoms with van der Waals surface area (Å²) in [6.45, 7) is 8.64. The van der Waals surface area contributed by atoms with E-state index in [0.717, 1.165) is 22.7 Å². The van der Waals surface area contributed by atoms with Gasteiger partial charge < -0.3 is 9.80 Å². The summed E-state index contributed by atoms with van der Waals surface area (Å²) < 4.78 is 0. The molecule has 2 nitrogen and oxygen atoms in total. The third-order valence-corrected chi connectivity index (χ3v) is 14.9. The number of anilines is 6. The highest BCUT2D eigenvalue weighted by Gasteiger charge is 2.28. The van der Waals surface area contributed by atoms with E-state index in [4.69, 9.17) is 0 Å². The SMILES string of the molecule is Cc1ccc(N(c2ccc(C)cc2)c2c3ccccc3c(-c3c4ccccc4c(-c4c5ccccc5c(N(c5ccc(C)cc5)c5ccc(C)cc5)c5ccccc45)c4ccccc34)c3ccccc23)cc1. The van der Waals surface area contributed by atoms with Gasteiger partial charge >= 0.3 is 0 Å². The summed E-state index contributed by atoms with van der Waals surface area (Å²) in [5.74, 6) is 0. The quantitative estimate of drug-likeness (QED) is 0.140. The minimum absolute atomic E-state index is 1.12. The van der Waals surface area contributed by atoms with Crippen LogP contribution < -0.4 is 9.80 Å². The molecule has 0 N–H and O–H groups in total. The van der Waals surface area contributed by atoms with Crippen LogP contribution >= 0.6 is 0 Å². The highest BCUT2D eigenvalue weighted by atomic mass is 15.2. The smallest absolute Gasteiger partial charge is 0.0618 e. The van der Waals surface area contributed by atoms with Gasteiger partial charge in [-0.25, -0.2) is 0 Å². The van der Waals surface area contributed by atoms with Crippen molar-refractivity contribution in [3.05, 3.63) is 265 Å². The van der Waals surface area contributed by atoms with E-state index in [1.807, 2.05) is 0 Å². The van der Waals surface area contributed by atoms with Crippen LogP contribution in [0.15, 0.2) is 243 Å². The largest absolute Gasteiger partial charge is 0.309 e. The Morgan fingerprint density at radius 1 is 0.181 bits per heavy atom. The second-order valence-electron chi connectivity index (χ2n) is 19.5. The van der Waals surface area contributed by atoms with Gasteiger partial charge in [0.25, 0.3) is 0 Å². The van der Waals surface area contributed by atoms with Gasteiger partial charge in [-0.1, -0.05) is 216 Å². The van der Waals surface area contributed by atoms with Gasteiger partial charge in [-0.2, -0.15) is 0 Å². The fourth-order valence-corrected chi connectivity index (χ4v) is 11.5. The molecule has 72 heavy (non-hydrogen) atoms. The highest BCUT2D eigenvalue weighted by molar-refractivity contribution is 6.34. The fourth-order valence-electron chi connectivity index (χ4n) is 11.5. The van der Waals surface area contributed by atoms with Crippen molar-refractivity contribution in [2.24, 2.45) is 0 Å². The second kappa shape index (κ2) is 17.5. The molecule has 13 rings (SSSR count). The normalized spacial score (nSPS) is 11.6. The van der Waals surface area contributed by atoms with E-state index < -0.39 is 0 Å². The molecule has 0 atom stereocenters. The zero-order valence-corrected chi connectivity index (χ0v) is 41.0. The molecule has 2 heteroatoms. The summed E-state index contributed by atoms with van der Waals surface area (Å²) in [5.41, 5.74) is 16.8. The van der Waals surface area contributed by atoms with Crippen LogP contribution in [0.2, 0.25) is 0 Å². The summed E-state index contributed by atoms with van der Waals surface area (Å²) in [4.78, 5) is 4.93. The summed E-state index contributed by atoms with van der Waals surface area (Å²) in [7, 11) is 0. The Labute approximate surface area is 421 Å². The molecular weight excluding hydrogens is 869 g/mol. The van der Waals surface area contributed by atoms with E-state index in [9.17, 15) is 0 Å². The maximum absolute atomic E-state index is 2.46. The molecule has 13 aromatic carbocycles. The van der Waals surface area contributed by atoms with Crippen LogP contribution in [0.3, 0.4) is 0 Å². The van der Waals surface area contributed by atoms with Gasteiger partial charge in [0.05, 0.1) is 11.4 Å². The van der Waals surface area contributed by atoms with Crippen molar-refractivity contribution in [3.63, 3.8) is 0 Å². The minimum Gasteiger partial charge on any atom is -0.309 e. The van der Waals surface area contributed by atoms with Crippen LogP contribution in [-0.2, 0) is 0 Å². The van der Waals surface area contributed by atoms with E-state index in [1.54, 1.807) is 0 Å². The maximum Gasteiger partial charge on any atom is 0.0618 e. The van der Waals surface area contributed by atoms with Crippen LogP contribution in [0.1, 0.15) is 22.3 Å². The Hall–Kier alpha value is -8.98. The van der Waals surface area contributed by atoms with Crippen molar-refractivity contribution < 1.29 is 0 Å². The van der Waals surface area contributed by atoms with E-state index >= 15 is 0 Å². The predicted molar refractivity (Wildman–Crippen MR) is 311 cm³/mol. The molecule has 0 aliphatic carbocycles. The van der Waals surface area contributed by atoms with Crippen LogP contribution in [0.5, 0.6) is 0 Å². The van der Waals surface area contributed by atoms with Crippen molar-refractivity contribution >= 4 is 98.8 Å². The molecular formula is C70H52N2. The van der Waals surface area contributed by atoms with Crippen molar-refractivity contribution in [2.75, 3.05) is 9.80 Å². The van der Waals surface area contributed by atoms with E-state index in [-0.39, 0.29) is 0 Å². The average molecular weight is 921 g/mol. The van der Waals surface area contributed by atoms with Crippen molar-refractivity contribution in [3.8, 4) is 22.3 Å². The monoisotopic (exact) mass is 920 g/mol. The third kappa shape index (κ3) is 7.01. The number of rotatable bonds is 8. The van der Waals surface area contributed by atoms with Gasteiger partial charge in [0.1, 0.15) is 0 Å². The van der Waals surface area contributed by atoms with Gasteiger partial charge in [0, 0.05) is 44.3 Å². The number of hydrogen-bond donors (Lipinski definition) is 0. The molecule has 0 unspecified atom stereocenters. The lowest BCUT2D eigenvalue weighted by Gasteiger charge is -2.31. The van der Waals surface area contributed by atoms with E-state index in [0.29, 0.717) is 0 Å². The molecule has 0 heterocycles. The molecule has 0 aliphatic heterocycles. The number of benzene rings is 13. The highest BCUT2D eigenvalue weighted by Crippen LogP contribution is 2.55.